The number of nitrogens with one attached hydrogen (secondary N) is 1. The summed E-state index contributed by atoms with van der Waals surface area (Å²) in [7, 11) is 0. The minimum Gasteiger partial charge on any atom is -0.483 e. The van der Waals surface area contributed by atoms with Gasteiger partial charge in [0.25, 0.3) is 17.7 Å². The second kappa shape index (κ2) is 8.35. The van der Waals surface area contributed by atoms with Crippen molar-refractivity contribution in [2.24, 2.45) is 5.73 Å². The van der Waals surface area contributed by atoms with Gasteiger partial charge in [-0.3, -0.25) is 14.4 Å². The van der Waals surface area contributed by atoms with Crippen molar-refractivity contribution in [3.05, 3.63) is 59.7 Å². The molecule has 0 saturated carbocycles. The number of para-hydroxylation sites is 1. The largest absolute Gasteiger partial charge is 0.483 e. The summed E-state index contributed by atoms with van der Waals surface area (Å²) in [5, 5.41) is 2.76. The molecule has 2 aromatic rings. The van der Waals surface area contributed by atoms with Gasteiger partial charge in [-0.25, -0.2) is 0 Å². The van der Waals surface area contributed by atoms with Crippen LogP contribution in [0.5, 0.6) is 5.75 Å². The Hall–Kier alpha value is -3.35. The molecule has 1 aliphatic rings. The van der Waals surface area contributed by atoms with E-state index < -0.39 is 5.91 Å². The molecule has 0 radical (unpaired) electrons. The average molecular weight is 367 g/mol. The molecule has 3 rings (SSSR count). The van der Waals surface area contributed by atoms with Gasteiger partial charge >= 0.3 is 0 Å². The lowest BCUT2D eigenvalue weighted by Crippen LogP contribution is -2.27. The summed E-state index contributed by atoms with van der Waals surface area (Å²) in [6.07, 6.45) is 2.08. The number of benzene rings is 2. The Labute approximate surface area is 157 Å². The van der Waals surface area contributed by atoms with E-state index >= 15 is 0 Å². The van der Waals surface area contributed by atoms with Crippen LogP contribution in [-0.4, -0.2) is 42.3 Å². The van der Waals surface area contributed by atoms with E-state index in [1.165, 1.54) is 0 Å². The molecule has 27 heavy (non-hydrogen) atoms. The predicted molar refractivity (Wildman–Crippen MR) is 101 cm³/mol. The Morgan fingerprint density at radius 3 is 2.33 bits per heavy atom. The van der Waals surface area contributed by atoms with E-state index in [1.54, 1.807) is 48.5 Å². The zero-order valence-electron chi connectivity index (χ0n) is 14.8. The number of rotatable bonds is 6. The van der Waals surface area contributed by atoms with Gasteiger partial charge in [0, 0.05) is 24.3 Å². The number of nitrogens with two attached hydrogens (primary N) is 1. The van der Waals surface area contributed by atoms with Crippen LogP contribution >= 0.6 is 0 Å². The SMILES string of the molecule is NC(=O)COc1ccccc1C(=O)Nc1ccc(C(=O)N2CCCC2)cc1. The summed E-state index contributed by atoms with van der Waals surface area (Å²) in [6.45, 7) is 1.27. The predicted octanol–water partition coefficient (Wildman–Crippen LogP) is 2.04. The Balaban J connectivity index is 1.67. The van der Waals surface area contributed by atoms with E-state index in [0.717, 1.165) is 25.9 Å². The van der Waals surface area contributed by atoms with Gasteiger partial charge in [-0.2, -0.15) is 0 Å². The van der Waals surface area contributed by atoms with Crippen LogP contribution in [0, 0.1) is 0 Å². The minimum atomic E-state index is -0.622. The molecule has 0 aromatic heterocycles. The van der Waals surface area contributed by atoms with Crippen LogP contribution in [0.25, 0.3) is 0 Å². The number of nitrogens with zero attached hydrogens (tertiary/aromatic N) is 1. The molecule has 0 bridgehead atoms. The average Bonchev–Trinajstić information content (AvgIpc) is 3.21. The molecule has 0 aliphatic carbocycles. The van der Waals surface area contributed by atoms with Gasteiger partial charge in [-0.15, -0.1) is 0 Å². The van der Waals surface area contributed by atoms with Crippen LogP contribution in [0.1, 0.15) is 33.6 Å². The molecule has 1 saturated heterocycles. The zero-order chi connectivity index (χ0) is 19.2. The first kappa shape index (κ1) is 18.4. The van der Waals surface area contributed by atoms with E-state index in [4.69, 9.17) is 10.5 Å². The maximum Gasteiger partial charge on any atom is 0.259 e. The number of hydrogen-bond acceptors (Lipinski definition) is 4. The standard InChI is InChI=1S/C20H21N3O4/c21-18(24)13-27-17-6-2-1-5-16(17)19(25)22-15-9-7-14(8-10-15)20(26)23-11-3-4-12-23/h1-2,5-10H,3-4,11-13H2,(H2,21,24)(H,22,25). The van der Waals surface area contributed by atoms with E-state index in [-0.39, 0.29) is 29.7 Å². The van der Waals surface area contributed by atoms with E-state index in [1.807, 2.05) is 4.90 Å². The van der Waals surface area contributed by atoms with Crippen molar-refractivity contribution in [1.82, 2.24) is 4.90 Å². The molecule has 3 N–H and O–H groups in total. The number of hydrogen-bond donors (Lipinski definition) is 2. The Morgan fingerprint density at radius 2 is 1.67 bits per heavy atom. The van der Waals surface area contributed by atoms with Crippen molar-refractivity contribution in [3.8, 4) is 5.75 Å². The highest BCUT2D eigenvalue weighted by Crippen LogP contribution is 2.20. The first-order valence-corrected chi connectivity index (χ1v) is 8.75. The number of ether oxygens (including phenoxy) is 1. The lowest BCUT2D eigenvalue weighted by Gasteiger charge is -2.15. The van der Waals surface area contributed by atoms with Gasteiger partial charge in [0.2, 0.25) is 0 Å². The third-order valence-electron chi connectivity index (χ3n) is 4.28. The molecule has 0 unspecified atom stereocenters. The smallest absolute Gasteiger partial charge is 0.259 e. The minimum absolute atomic E-state index is 0.00979. The Morgan fingerprint density at radius 1 is 1.00 bits per heavy atom. The van der Waals surface area contributed by atoms with E-state index in [2.05, 4.69) is 5.32 Å². The van der Waals surface area contributed by atoms with Crippen molar-refractivity contribution >= 4 is 23.4 Å². The van der Waals surface area contributed by atoms with Gasteiger partial charge in [-0.05, 0) is 49.2 Å². The molecular weight excluding hydrogens is 346 g/mol. The first-order valence-electron chi connectivity index (χ1n) is 8.75. The van der Waals surface area contributed by atoms with Crippen LogP contribution < -0.4 is 15.8 Å². The first-order chi connectivity index (χ1) is 13.0. The highest BCUT2D eigenvalue weighted by Gasteiger charge is 2.19. The van der Waals surface area contributed by atoms with Gasteiger partial charge in [-0.1, -0.05) is 12.1 Å². The van der Waals surface area contributed by atoms with Crippen LogP contribution in [-0.2, 0) is 4.79 Å². The molecule has 140 valence electrons. The van der Waals surface area contributed by atoms with E-state index in [9.17, 15) is 14.4 Å². The summed E-state index contributed by atoms with van der Waals surface area (Å²) in [5.41, 5.74) is 6.52. The lowest BCUT2D eigenvalue weighted by molar-refractivity contribution is -0.119. The monoisotopic (exact) mass is 367 g/mol. The third-order valence-corrected chi connectivity index (χ3v) is 4.28. The molecule has 1 aliphatic heterocycles. The van der Waals surface area contributed by atoms with Crippen molar-refractivity contribution < 1.29 is 19.1 Å². The quantitative estimate of drug-likeness (QED) is 0.816. The summed E-state index contributed by atoms with van der Waals surface area (Å²) in [5.74, 6) is -0.720. The summed E-state index contributed by atoms with van der Waals surface area (Å²) in [6, 6.07) is 13.4. The van der Waals surface area contributed by atoms with Crippen molar-refractivity contribution in [1.29, 1.82) is 0 Å². The summed E-state index contributed by atoms with van der Waals surface area (Å²) < 4.78 is 5.28. The molecule has 7 heteroatoms. The van der Waals surface area contributed by atoms with Gasteiger partial charge in [0.1, 0.15) is 5.75 Å². The van der Waals surface area contributed by atoms with Crippen molar-refractivity contribution in [2.75, 3.05) is 25.0 Å². The van der Waals surface area contributed by atoms with Crippen molar-refractivity contribution in [2.45, 2.75) is 12.8 Å². The Bertz CT molecular complexity index is 843. The number of carbonyl (C=O) groups excluding carboxylic acids is 3. The second-order valence-corrected chi connectivity index (χ2v) is 6.28. The fourth-order valence-corrected chi connectivity index (χ4v) is 2.93. The number of amides is 3. The molecule has 3 amide bonds. The zero-order valence-corrected chi connectivity index (χ0v) is 14.8. The molecule has 7 nitrogen and oxygen atoms in total. The lowest BCUT2D eigenvalue weighted by atomic mass is 10.1. The van der Waals surface area contributed by atoms with Crippen LogP contribution in [0.3, 0.4) is 0 Å². The molecule has 1 fully saturated rings. The van der Waals surface area contributed by atoms with Crippen LogP contribution in [0.4, 0.5) is 5.69 Å². The Kier molecular flexibility index (Phi) is 5.71. The molecule has 2 aromatic carbocycles. The number of primary amides is 1. The van der Waals surface area contributed by atoms with Gasteiger partial charge in [0.15, 0.2) is 6.61 Å². The fourth-order valence-electron chi connectivity index (χ4n) is 2.93. The highest BCUT2D eigenvalue weighted by molar-refractivity contribution is 6.06. The fraction of sp³-hybridized carbons (Fsp3) is 0.250. The molecule has 1 heterocycles. The second-order valence-electron chi connectivity index (χ2n) is 6.28. The maximum atomic E-state index is 12.5. The van der Waals surface area contributed by atoms with E-state index in [0.29, 0.717) is 11.3 Å². The summed E-state index contributed by atoms with van der Waals surface area (Å²) in [4.78, 5) is 37.6. The van der Waals surface area contributed by atoms with Gasteiger partial charge < -0.3 is 20.7 Å². The molecule has 0 atom stereocenters. The number of likely N-dealkylation sites (tertiary alicyclic amines) is 1. The molecule has 0 spiro atoms. The van der Waals surface area contributed by atoms with Crippen LogP contribution in [0.15, 0.2) is 48.5 Å². The third kappa shape index (κ3) is 4.63. The van der Waals surface area contributed by atoms with Crippen LogP contribution in [0.2, 0.25) is 0 Å². The number of anilines is 1. The summed E-state index contributed by atoms with van der Waals surface area (Å²) >= 11 is 0. The molecular formula is C20H21N3O4. The number of carbonyl (C=O) groups is 3. The normalized spacial score (nSPS) is 13.3. The van der Waals surface area contributed by atoms with Gasteiger partial charge in [0.05, 0.1) is 5.56 Å². The maximum absolute atomic E-state index is 12.5. The topological polar surface area (TPSA) is 102 Å². The van der Waals surface area contributed by atoms with Crippen molar-refractivity contribution in [3.63, 3.8) is 0 Å². The highest BCUT2D eigenvalue weighted by atomic mass is 16.5.